The Kier molecular flexibility index (Phi) is 8.53. The van der Waals surface area contributed by atoms with E-state index in [1.165, 1.54) is 13.3 Å². The van der Waals surface area contributed by atoms with Crippen LogP contribution in [-0.2, 0) is 22.3 Å². The molecule has 0 radical (unpaired) electrons. The van der Waals surface area contributed by atoms with Gasteiger partial charge in [-0.25, -0.2) is 5.43 Å². The number of halogens is 3. The number of hydrazone groups is 1. The number of hydrogen-bond acceptors (Lipinski definition) is 6. The number of aromatic nitrogens is 2. The second-order valence-electron chi connectivity index (χ2n) is 8.21. The van der Waals surface area contributed by atoms with Gasteiger partial charge in [0.05, 0.1) is 13.3 Å². The highest BCUT2D eigenvalue weighted by atomic mass is 19.4. The number of methoxy groups -OCH3 is 1. The molecule has 0 spiro atoms. The number of nitrogens with zero attached hydrogens (tertiary/aromatic N) is 3. The number of hydrogen-bond donors (Lipinski definition) is 2. The Balaban J connectivity index is 1.54. The van der Waals surface area contributed by atoms with Crippen LogP contribution in [0.2, 0.25) is 0 Å². The Hall–Kier alpha value is -4.35. The largest absolute Gasteiger partial charge is 0.493 e. The zero-order chi connectivity index (χ0) is 27.2. The molecule has 2 aromatic carbocycles. The number of aryl methyl sites for hydroxylation is 3. The molecule has 1 aromatic heterocycles. The van der Waals surface area contributed by atoms with Gasteiger partial charge in [-0.2, -0.15) is 23.4 Å². The Bertz CT molecular complexity index is 1290. The molecule has 0 saturated heterocycles. The molecule has 2 amide bonds. The highest BCUT2D eigenvalue weighted by molar-refractivity contribution is 5.93. The summed E-state index contributed by atoms with van der Waals surface area (Å²) in [7, 11) is 1.43. The minimum Gasteiger partial charge on any atom is -0.493 e. The smallest absolute Gasteiger partial charge is 0.435 e. The van der Waals surface area contributed by atoms with Crippen molar-refractivity contribution in [2.24, 2.45) is 5.10 Å². The van der Waals surface area contributed by atoms with E-state index in [9.17, 15) is 22.8 Å². The number of nitrogens with one attached hydrogen (secondary N) is 2. The molecule has 2 N–H and O–H groups in total. The van der Waals surface area contributed by atoms with Crippen molar-refractivity contribution in [2.75, 3.05) is 19.0 Å². The molecule has 37 heavy (non-hydrogen) atoms. The van der Waals surface area contributed by atoms with E-state index in [2.05, 4.69) is 20.9 Å². The standard InChI is InChI=1S/C25H26F3N5O4/c1-15-9-16(2)24(17(3)10-15)30-23(35)14-37-19-6-5-18(11-20(19)36-4)12-29-31-22(34)13-33-8-7-21(32-33)25(26,27)28/h5-12H,13-14H2,1-4H3,(H,30,35)(H,31,34)/b29-12+. The van der Waals surface area contributed by atoms with Gasteiger partial charge in [-0.1, -0.05) is 17.7 Å². The summed E-state index contributed by atoms with van der Waals surface area (Å²) in [4.78, 5) is 24.4. The van der Waals surface area contributed by atoms with Gasteiger partial charge in [-0.3, -0.25) is 14.3 Å². The Morgan fingerprint density at radius 3 is 2.38 bits per heavy atom. The molecule has 9 nitrogen and oxygen atoms in total. The minimum atomic E-state index is -4.59. The average Bonchev–Trinajstić information content (AvgIpc) is 3.29. The number of amides is 2. The van der Waals surface area contributed by atoms with Gasteiger partial charge in [-0.05, 0) is 61.7 Å². The molecule has 0 unspecified atom stereocenters. The van der Waals surface area contributed by atoms with Gasteiger partial charge in [0.1, 0.15) is 6.54 Å². The van der Waals surface area contributed by atoms with Crippen molar-refractivity contribution in [3.05, 3.63) is 70.5 Å². The van der Waals surface area contributed by atoms with E-state index < -0.39 is 24.3 Å². The molecule has 12 heteroatoms. The lowest BCUT2D eigenvalue weighted by Gasteiger charge is -2.14. The highest BCUT2D eigenvalue weighted by Crippen LogP contribution is 2.28. The molecule has 0 saturated carbocycles. The lowest BCUT2D eigenvalue weighted by molar-refractivity contribution is -0.141. The molecule has 0 fully saturated rings. The molecule has 3 rings (SSSR count). The fraction of sp³-hybridized carbons (Fsp3) is 0.280. The highest BCUT2D eigenvalue weighted by Gasteiger charge is 2.33. The Morgan fingerprint density at radius 2 is 1.76 bits per heavy atom. The van der Waals surface area contributed by atoms with Gasteiger partial charge in [-0.15, -0.1) is 0 Å². The molecule has 196 valence electrons. The number of benzene rings is 2. The van der Waals surface area contributed by atoms with Crippen LogP contribution in [0.5, 0.6) is 11.5 Å². The van der Waals surface area contributed by atoms with Crippen LogP contribution in [0.15, 0.2) is 47.7 Å². The quantitative estimate of drug-likeness (QED) is 0.330. The second-order valence-corrected chi connectivity index (χ2v) is 8.21. The first-order valence-electron chi connectivity index (χ1n) is 11.1. The normalized spacial score (nSPS) is 11.4. The fourth-order valence-corrected chi connectivity index (χ4v) is 3.54. The summed E-state index contributed by atoms with van der Waals surface area (Å²) in [6.45, 7) is 5.15. The predicted octanol–water partition coefficient (Wildman–Crippen LogP) is 4.00. The van der Waals surface area contributed by atoms with Gasteiger partial charge in [0, 0.05) is 11.9 Å². The maximum Gasteiger partial charge on any atom is 0.435 e. The summed E-state index contributed by atoms with van der Waals surface area (Å²) in [5.74, 6) is -0.326. The first-order valence-corrected chi connectivity index (χ1v) is 11.1. The van der Waals surface area contributed by atoms with Crippen LogP contribution < -0.4 is 20.2 Å². The summed E-state index contributed by atoms with van der Waals surface area (Å²) in [5.41, 5.74) is 5.43. The molecule has 1 heterocycles. The van der Waals surface area contributed by atoms with E-state index in [1.54, 1.807) is 18.2 Å². The number of alkyl halides is 3. The first kappa shape index (κ1) is 27.2. The van der Waals surface area contributed by atoms with Crippen molar-refractivity contribution >= 4 is 23.7 Å². The van der Waals surface area contributed by atoms with Crippen LogP contribution in [0, 0.1) is 20.8 Å². The van der Waals surface area contributed by atoms with Crippen molar-refractivity contribution in [1.29, 1.82) is 0 Å². The zero-order valence-corrected chi connectivity index (χ0v) is 20.6. The van der Waals surface area contributed by atoms with Crippen LogP contribution in [0.1, 0.15) is 27.9 Å². The number of ether oxygens (including phenoxy) is 2. The lowest BCUT2D eigenvalue weighted by Crippen LogP contribution is -2.23. The van der Waals surface area contributed by atoms with Crippen molar-refractivity contribution in [3.63, 3.8) is 0 Å². The molecule has 0 bridgehead atoms. The fourth-order valence-electron chi connectivity index (χ4n) is 3.54. The van der Waals surface area contributed by atoms with Gasteiger partial charge in [0.2, 0.25) is 0 Å². The van der Waals surface area contributed by atoms with Crippen LogP contribution in [0.25, 0.3) is 0 Å². The third kappa shape index (κ3) is 7.56. The summed E-state index contributed by atoms with van der Waals surface area (Å²) >= 11 is 0. The maximum absolute atomic E-state index is 12.6. The van der Waals surface area contributed by atoms with Crippen LogP contribution >= 0.6 is 0 Å². The number of anilines is 1. The zero-order valence-electron chi connectivity index (χ0n) is 20.6. The lowest BCUT2D eigenvalue weighted by atomic mass is 10.1. The molecule has 3 aromatic rings. The van der Waals surface area contributed by atoms with Crippen LogP contribution in [0.3, 0.4) is 0 Å². The molecule has 0 aliphatic carbocycles. The predicted molar refractivity (Wildman–Crippen MR) is 131 cm³/mol. The second kappa shape index (κ2) is 11.6. The van der Waals surface area contributed by atoms with E-state index in [0.29, 0.717) is 17.1 Å². The maximum atomic E-state index is 12.6. The van der Waals surface area contributed by atoms with Crippen molar-refractivity contribution in [1.82, 2.24) is 15.2 Å². The van der Waals surface area contributed by atoms with Crippen LogP contribution in [-0.4, -0.2) is 41.5 Å². The van der Waals surface area contributed by atoms with Crippen molar-refractivity contribution in [3.8, 4) is 11.5 Å². The third-order valence-corrected chi connectivity index (χ3v) is 5.13. The van der Waals surface area contributed by atoms with Gasteiger partial charge in [0.15, 0.2) is 23.8 Å². The van der Waals surface area contributed by atoms with Crippen molar-refractivity contribution < 1.29 is 32.2 Å². The van der Waals surface area contributed by atoms with E-state index in [1.807, 2.05) is 32.9 Å². The third-order valence-electron chi connectivity index (χ3n) is 5.13. The number of carbonyl (C=O) groups excluding carboxylic acids is 2. The van der Waals surface area contributed by atoms with E-state index in [4.69, 9.17) is 9.47 Å². The van der Waals surface area contributed by atoms with Gasteiger partial charge >= 0.3 is 6.18 Å². The first-order chi connectivity index (χ1) is 17.5. The average molecular weight is 518 g/mol. The molecular weight excluding hydrogens is 491 g/mol. The molecule has 0 aliphatic heterocycles. The van der Waals surface area contributed by atoms with E-state index in [-0.39, 0.29) is 12.5 Å². The SMILES string of the molecule is COc1cc(/C=N/NC(=O)Cn2ccc(C(F)(F)F)n2)ccc1OCC(=O)Nc1c(C)cc(C)cc1C. The number of carbonyl (C=O) groups is 2. The summed E-state index contributed by atoms with van der Waals surface area (Å²) in [5, 5.41) is 9.96. The van der Waals surface area contributed by atoms with E-state index in [0.717, 1.165) is 39.3 Å². The topological polar surface area (TPSA) is 107 Å². The monoisotopic (exact) mass is 517 g/mol. The molecule has 0 atom stereocenters. The van der Waals surface area contributed by atoms with Crippen molar-refractivity contribution in [2.45, 2.75) is 33.5 Å². The number of rotatable bonds is 9. The Morgan fingerprint density at radius 1 is 1.05 bits per heavy atom. The minimum absolute atomic E-state index is 0.240. The summed E-state index contributed by atoms with van der Waals surface area (Å²) in [6.07, 6.45) is -2.21. The molecule has 0 aliphatic rings. The van der Waals surface area contributed by atoms with E-state index >= 15 is 0 Å². The van der Waals surface area contributed by atoms with Crippen LogP contribution in [0.4, 0.5) is 18.9 Å². The Labute approximate surface area is 211 Å². The van der Waals surface area contributed by atoms with Gasteiger partial charge < -0.3 is 14.8 Å². The molecular formula is C25H26F3N5O4. The van der Waals surface area contributed by atoms with Gasteiger partial charge in [0.25, 0.3) is 11.8 Å². The summed E-state index contributed by atoms with van der Waals surface area (Å²) < 4.78 is 49.6. The summed E-state index contributed by atoms with van der Waals surface area (Å²) in [6, 6.07) is 9.54.